The van der Waals surface area contributed by atoms with Gasteiger partial charge in [0.1, 0.15) is 0 Å². The third-order valence-corrected chi connectivity index (χ3v) is 4.70. The molecule has 2 aliphatic rings. The van der Waals surface area contributed by atoms with Crippen LogP contribution in [0, 0.1) is 23.7 Å². The fourth-order valence-corrected chi connectivity index (χ4v) is 3.68. The maximum atomic E-state index is 9.98. The number of fused-ring (bicyclic) bond motifs is 1. The van der Waals surface area contributed by atoms with E-state index in [-0.39, 0.29) is 12.7 Å². The fourth-order valence-electron chi connectivity index (χ4n) is 3.68. The molecule has 1 aromatic rings. The van der Waals surface area contributed by atoms with E-state index >= 15 is 0 Å². The van der Waals surface area contributed by atoms with Gasteiger partial charge in [-0.25, -0.2) is 0 Å². The molecule has 1 aliphatic carbocycles. The second kappa shape index (κ2) is 6.62. The van der Waals surface area contributed by atoms with E-state index in [2.05, 4.69) is 28.9 Å². The van der Waals surface area contributed by atoms with Crippen molar-refractivity contribution in [1.82, 2.24) is 4.90 Å². The molecule has 0 aromatic heterocycles. The summed E-state index contributed by atoms with van der Waals surface area (Å²) in [5.74, 6) is 7.22. The summed E-state index contributed by atoms with van der Waals surface area (Å²) in [5, 5.41) is 18.7. The molecule has 3 nitrogen and oxygen atoms in total. The third-order valence-electron chi connectivity index (χ3n) is 4.70. The van der Waals surface area contributed by atoms with Crippen LogP contribution in [0.5, 0.6) is 0 Å². The quantitative estimate of drug-likeness (QED) is 0.830. The summed E-state index contributed by atoms with van der Waals surface area (Å²) in [6, 6.07) is 8.33. The molecule has 112 valence electrons. The average molecular weight is 285 g/mol. The Labute approximate surface area is 126 Å². The number of hydrogen-bond donors (Lipinski definition) is 2. The molecule has 2 N–H and O–H groups in total. The molecular weight excluding hydrogens is 262 g/mol. The maximum absolute atomic E-state index is 9.98. The van der Waals surface area contributed by atoms with Gasteiger partial charge >= 0.3 is 0 Å². The first kappa shape index (κ1) is 14.6. The first-order valence-electron chi connectivity index (χ1n) is 7.85. The Kier molecular flexibility index (Phi) is 4.60. The minimum absolute atomic E-state index is 0.0873. The minimum atomic E-state index is -0.0873. The number of likely N-dealkylation sites (tertiary alicyclic amines) is 1. The monoisotopic (exact) mass is 285 g/mol. The molecule has 3 atom stereocenters. The van der Waals surface area contributed by atoms with Crippen LogP contribution in [0.25, 0.3) is 0 Å². The van der Waals surface area contributed by atoms with E-state index in [0.717, 1.165) is 31.6 Å². The molecule has 0 amide bonds. The van der Waals surface area contributed by atoms with Crippen molar-refractivity contribution in [3.8, 4) is 11.8 Å². The van der Waals surface area contributed by atoms with E-state index in [1.54, 1.807) is 0 Å². The van der Waals surface area contributed by atoms with Gasteiger partial charge in [0.05, 0.1) is 12.7 Å². The largest absolute Gasteiger partial charge is 0.395 e. The highest BCUT2D eigenvalue weighted by Crippen LogP contribution is 2.38. The fraction of sp³-hybridized carbons (Fsp3) is 0.556. The Bertz CT molecular complexity index is 546. The van der Waals surface area contributed by atoms with E-state index in [0.29, 0.717) is 18.3 Å². The van der Waals surface area contributed by atoms with Crippen molar-refractivity contribution >= 4 is 0 Å². The molecule has 3 unspecified atom stereocenters. The highest BCUT2D eigenvalue weighted by Gasteiger charge is 2.41. The minimum Gasteiger partial charge on any atom is -0.395 e. The number of hydrogen-bond acceptors (Lipinski definition) is 3. The molecule has 3 rings (SSSR count). The summed E-state index contributed by atoms with van der Waals surface area (Å²) >= 11 is 0. The van der Waals surface area contributed by atoms with Gasteiger partial charge in [0.25, 0.3) is 0 Å². The first-order valence-corrected chi connectivity index (χ1v) is 7.85. The van der Waals surface area contributed by atoms with E-state index in [1.165, 1.54) is 12.0 Å². The van der Waals surface area contributed by atoms with Crippen molar-refractivity contribution in [1.29, 1.82) is 0 Å². The molecular formula is C18H23NO2. The zero-order valence-corrected chi connectivity index (χ0v) is 12.3. The van der Waals surface area contributed by atoms with E-state index in [9.17, 15) is 5.11 Å². The lowest BCUT2D eigenvalue weighted by Crippen LogP contribution is -2.24. The number of nitrogens with zero attached hydrogens (tertiary/aromatic N) is 1. The Morgan fingerprint density at radius 1 is 1.24 bits per heavy atom. The normalized spacial score (nSPS) is 28.2. The molecule has 0 spiro atoms. The molecule has 1 heterocycles. The van der Waals surface area contributed by atoms with Gasteiger partial charge < -0.3 is 10.2 Å². The Hall–Kier alpha value is -1.34. The lowest BCUT2D eigenvalue weighted by atomic mass is 10.00. The summed E-state index contributed by atoms with van der Waals surface area (Å²) in [6.07, 6.45) is 2.60. The Morgan fingerprint density at radius 2 is 2.14 bits per heavy atom. The Morgan fingerprint density at radius 3 is 2.95 bits per heavy atom. The summed E-state index contributed by atoms with van der Waals surface area (Å²) in [6.45, 7) is 3.19. The standard InChI is InChI=1S/C18H23NO2/c20-9-2-1-4-14-5-3-6-15(10-14)11-19-12-16-7-8-18(21)17(16)13-19/h3,5-6,10,16-18,20-21H,2,7-9,11-13H2. The molecule has 1 saturated heterocycles. The van der Waals surface area contributed by atoms with E-state index < -0.39 is 0 Å². The molecule has 1 saturated carbocycles. The molecule has 1 aliphatic heterocycles. The smallest absolute Gasteiger partial charge is 0.0583 e. The predicted molar refractivity (Wildman–Crippen MR) is 82.5 cm³/mol. The summed E-state index contributed by atoms with van der Waals surface area (Å²) < 4.78 is 0. The second-order valence-corrected chi connectivity index (χ2v) is 6.24. The van der Waals surface area contributed by atoms with Gasteiger partial charge in [-0.05, 0) is 36.5 Å². The van der Waals surface area contributed by atoms with Crippen molar-refractivity contribution in [2.75, 3.05) is 19.7 Å². The van der Waals surface area contributed by atoms with Crippen LogP contribution in [0.2, 0.25) is 0 Å². The van der Waals surface area contributed by atoms with Gasteiger partial charge in [0.15, 0.2) is 0 Å². The topological polar surface area (TPSA) is 43.7 Å². The van der Waals surface area contributed by atoms with Gasteiger partial charge in [-0.15, -0.1) is 0 Å². The zero-order valence-electron chi connectivity index (χ0n) is 12.3. The van der Waals surface area contributed by atoms with Crippen LogP contribution in [0.1, 0.15) is 30.4 Å². The van der Waals surface area contributed by atoms with Gasteiger partial charge in [-0.1, -0.05) is 24.0 Å². The number of aliphatic hydroxyl groups is 2. The second-order valence-electron chi connectivity index (χ2n) is 6.24. The first-order chi connectivity index (χ1) is 10.3. The molecule has 2 fully saturated rings. The lowest BCUT2D eigenvalue weighted by Gasteiger charge is -2.18. The van der Waals surface area contributed by atoms with Crippen molar-refractivity contribution in [3.63, 3.8) is 0 Å². The van der Waals surface area contributed by atoms with E-state index in [4.69, 9.17) is 5.11 Å². The molecule has 0 bridgehead atoms. The molecule has 1 aromatic carbocycles. The van der Waals surface area contributed by atoms with Crippen molar-refractivity contribution in [2.45, 2.75) is 31.9 Å². The van der Waals surface area contributed by atoms with Crippen molar-refractivity contribution in [2.24, 2.45) is 11.8 Å². The lowest BCUT2D eigenvalue weighted by molar-refractivity contribution is 0.123. The maximum Gasteiger partial charge on any atom is 0.0583 e. The van der Waals surface area contributed by atoms with Crippen LogP contribution < -0.4 is 0 Å². The highest BCUT2D eigenvalue weighted by atomic mass is 16.3. The van der Waals surface area contributed by atoms with Gasteiger partial charge in [-0.3, -0.25) is 4.90 Å². The Balaban J connectivity index is 1.61. The van der Waals surface area contributed by atoms with E-state index in [1.807, 2.05) is 12.1 Å². The van der Waals surface area contributed by atoms with Crippen LogP contribution in [-0.4, -0.2) is 40.9 Å². The van der Waals surface area contributed by atoms with Gasteiger partial charge in [0.2, 0.25) is 0 Å². The predicted octanol–water partition coefficient (Wildman–Crippen LogP) is 1.62. The van der Waals surface area contributed by atoms with Crippen LogP contribution in [-0.2, 0) is 6.54 Å². The van der Waals surface area contributed by atoms with Crippen molar-refractivity contribution < 1.29 is 10.2 Å². The molecule has 0 radical (unpaired) electrons. The van der Waals surface area contributed by atoms with Crippen LogP contribution in [0.4, 0.5) is 0 Å². The summed E-state index contributed by atoms with van der Waals surface area (Å²) in [5.41, 5.74) is 2.29. The zero-order chi connectivity index (χ0) is 14.7. The van der Waals surface area contributed by atoms with Gasteiger partial charge in [0, 0.05) is 37.5 Å². The summed E-state index contributed by atoms with van der Waals surface area (Å²) in [7, 11) is 0. The molecule has 3 heteroatoms. The number of rotatable bonds is 3. The van der Waals surface area contributed by atoms with Crippen molar-refractivity contribution in [3.05, 3.63) is 35.4 Å². The molecule has 21 heavy (non-hydrogen) atoms. The van der Waals surface area contributed by atoms with Crippen LogP contribution in [0.3, 0.4) is 0 Å². The number of benzene rings is 1. The average Bonchev–Trinajstić information content (AvgIpc) is 3.02. The van der Waals surface area contributed by atoms with Crippen LogP contribution >= 0.6 is 0 Å². The summed E-state index contributed by atoms with van der Waals surface area (Å²) in [4.78, 5) is 2.46. The number of aliphatic hydroxyl groups excluding tert-OH is 2. The van der Waals surface area contributed by atoms with Crippen LogP contribution in [0.15, 0.2) is 24.3 Å². The third kappa shape index (κ3) is 3.47. The highest BCUT2D eigenvalue weighted by molar-refractivity contribution is 5.37. The SMILES string of the molecule is OCCC#Cc1cccc(CN2CC3CCC(O)C3C2)c1. The van der Waals surface area contributed by atoms with Gasteiger partial charge in [-0.2, -0.15) is 0 Å².